The number of halogens is 2. The van der Waals surface area contributed by atoms with Gasteiger partial charge in [-0.25, -0.2) is 8.78 Å². The van der Waals surface area contributed by atoms with Gasteiger partial charge in [0.05, 0.1) is 18.2 Å². The van der Waals surface area contributed by atoms with Gasteiger partial charge in [0.2, 0.25) is 5.91 Å². The number of nitrogens with zero attached hydrogens (tertiary/aromatic N) is 1. The normalized spacial score (nSPS) is 11.6. The molecule has 108 valence electrons. The van der Waals surface area contributed by atoms with E-state index in [4.69, 9.17) is 10.00 Å². The molecule has 0 radical (unpaired) electrons. The van der Waals surface area contributed by atoms with E-state index >= 15 is 0 Å². The molecule has 5 nitrogen and oxygen atoms in total. The van der Waals surface area contributed by atoms with Gasteiger partial charge in [-0.3, -0.25) is 4.79 Å². The quantitative estimate of drug-likeness (QED) is 0.774. The van der Waals surface area contributed by atoms with Crippen LogP contribution in [0.1, 0.15) is 12.5 Å². The monoisotopic (exact) mass is 283 g/mol. The van der Waals surface area contributed by atoms with Crippen molar-refractivity contribution in [3.8, 4) is 6.07 Å². The molecule has 1 rings (SSSR count). The molecule has 0 aliphatic heterocycles. The fourth-order valence-electron chi connectivity index (χ4n) is 1.49. The van der Waals surface area contributed by atoms with Crippen LogP contribution in [0, 0.1) is 23.0 Å². The molecule has 7 heteroatoms. The van der Waals surface area contributed by atoms with Crippen molar-refractivity contribution in [2.24, 2.45) is 0 Å². The Labute approximate surface area is 115 Å². The molecule has 1 aromatic rings. The third-order valence-corrected chi connectivity index (χ3v) is 2.53. The molecule has 0 aliphatic rings. The van der Waals surface area contributed by atoms with E-state index in [1.807, 2.05) is 0 Å². The van der Waals surface area contributed by atoms with Crippen molar-refractivity contribution in [2.75, 3.05) is 25.6 Å². The number of rotatable bonds is 6. The summed E-state index contributed by atoms with van der Waals surface area (Å²) >= 11 is 0. The molecule has 0 saturated heterocycles. The van der Waals surface area contributed by atoms with Gasteiger partial charge in [-0.05, 0) is 19.1 Å². The largest absolute Gasteiger partial charge is 0.383 e. The maximum Gasteiger partial charge on any atom is 0.242 e. The topological polar surface area (TPSA) is 74.2 Å². The van der Waals surface area contributed by atoms with Crippen molar-refractivity contribution in [2.45, 2.75) is 13.0 Å². The first-order valence-corrected chi connectivity index (χ1v) is 5.92. The Morgan fingerprint density at radius 1 is 1.45 bits per heavy atom. The molecule has 0 aliphatic carbocycles. The lowest BCUT2D eigenvalue weighted by Gasteiger charge is -2.16. The first-order chi connectivity index (χ1) is 9.49. The van der Waals surface area contributed by atoms with E-state index < -0.39 is 29.3 Å². The second-order valence-corrected chi connectivity index (χ2v) is 4.08. The zero-order valence-electron chi connectivity index (χ0n) is 11.2. The predicted octanol–water partition coefficient (Wildman–Crippen LogP) is 1.40. The van der Waals surface area contributed by atoms with Crippen LogP contribution in [-0.2, 0) is 9.53 Å². The van der Waals surface area contributed by atoms with Crippen LogP contribution in [0.4, 0.5) is 14.5 Å². The van der Waals surface area contributed by atoms with Crippen LogP contribution in [0.5, 0.6) is 0 Å². The molecule has 0 bridgehead atoms. The highest BCUT2D eigenvalue weighted by atomic mass is 19.1. The fraction of sp³-hybridized carbons (Fsp3) is 0.385. The number of carbonyl (C=O) groups is 1. The summed E-state index contributed by atoms with van der Waals surface area (Å²) in [6, 6.07) is 2.62. The van der Waals surface area contributed by atoms with Crippen molar-refractivity contribution in [1.29, 1.82) is 5.26 Å². The molecule has 0 fully saturated rings. The van der Waals surface area contributed by atoms with Gasteiger partial charge in [0.15, 0.2) is 11.6 Å². The number of nitrogens with one attached hydrogen (secondary N) is 2. The molecular weight excluding hydrogens is 268 g/mol. The van der Waals surface area contributed by atoms with E-state index in [1.54, 1.807) is 6.07 Å². The number of nitriles is 1. The summed E-state index contributed by atoms with van der Waals surface area (Å²) in [6.07, 6.45) is 0. The molecule has 0 spiro atoms. The lowest BCUT2D eigenvalue weighted by Crippen LogP contribution is -2.39. The minimum absolute atomic E-state index is 0.122. The SMILES string of the molecule is COCCNC(=O)C(C)Nc1c(F)cc(C#N)cc1F. The maximum absolute atomic E-state index is 13.6. The van der Waals surface area contributed by atoms with Crippen molar-refractivity contribution >= 4 is 11.6 Å². The summed E-state index contributed by atoms with van der Waals surface area (Å²) < 4.78 is 32.0. The zero-order valence-corrected chi connectivity index (χ0v) is 11.2. The average Bonchev–Trinajstić information content (AvgIpc) is 2.42. The molecule has 0 heterocycles. The van der Waals surface area contributed by atoms with Gasteiger partial charge in [-0.1, -0.05) is 0 Å². The number of anilines is 1. The van der Waals surface area contributed by atoms with Gasteiger partial charge in [-0.15, -0.1) is 0 Å². The van der Waals surface area contributed by atoms with Gasteiger partial charge in [0.1, 0.15) is 11.7 Å². The zero-order chi connectivity index (χ0) is 15.1. The summed E-state index contributed by atoms with van der Waals surface area (Å²) in [5, 5.41) is 13.6. The van der Waals surface area contributed by atoms with E-state index in [-0.39, 0.29) is 5.56 Å². The Morgan fingerprint density at radius 3 is 2.55 bits per heavy atom. The van der Waals surface area contributed by atoms with Crippen molar-refractivity contribution in [3.05, 3.63) is 29.3 Å². The number of carbonyl (C=O) groups excluding carboxylic acids is 1. The summed E-state index contributed by atoms with van der Waals surface area (Å²) in [4.78, 5) is 11.6. The molecular formula is C13H15F2N3O2. The van der Waals surface area contributed by atoms with E-state index in [0.717, 1.165) is 12.1 Å². The van der Waals surface area contributed by atoms with Crippen molar-refractivity contribution < 1.29 is 18.3 Å². The second-order valence-electron chi connectivity index (χ2n) is 4.08. The molecule has 20 heavy (non-hydrogen) atoms. The highest BCUT2D eigenvalue weighted by Gasteiger charge is 2.17. The Bertz CT molecular complexity index is 506. The highest BCUT2D eigenvalue weighted by Crippen LogP contribution is 2.21. The number of hydrogen-bond donors (Lipinski definition) is 2. The van der Waals surface area contributed by atoms with Gasteiger partial charge >= 0.3 is 0 Å². The van der Waals surface area contributed by atoms with Gasteiger partial charge < -0.3 is 15.4 Å². The third kappa shape index (κ3) is 4.17. The van der Waals surface area contributed by atoms with E-state index in [2.05, 4.69) is 10.6 Å². The van der Waals surface area contributed by atoms with Crippen molar-refractivity contribution in [1.82, 2.24) is 5.32 Å². The average molecular weight is 283 g/mol. The van der Waals surface area contributed by atoms with Gasteiger partial charge in [-0.2, -0.15) is 5.26 Å². The van der Waals surface area contributed by atoms with Crippen LogP contribution >= 0.6 is 0 Å². The number of methoxy groups -OCH3 is 1. The lowest BCUT2D eigenvalue weighted by molar-refractivity contribution is -0.121. The third-order valence-electron chi connectivity index (χ3n) is 2.53. The van der Waals surface area contributed by atoms with Crippen LogP contribution < -0.4 is 10.6 Å². The smallest absolute Gasteiger partial charge is 0.242 e. The van der Waals surface area contributed by atoms with Crippen LogP contribution in [0.2, 0.25) is 0 Å². The van der Waals surface area contributed by atoms with E-state index in [1.165, 1.54) is 14.0 Å². The van der Waals surface area contributed by atoms with Crippen LogP contribution in [0.25, 0.3) is 0 Å². The van der Waals surface area contributed by atoms with Crippen molar-refractivity contribution in [3.63, 3.8) is 0 Å². The Balaban J connectivity index is 2.73. The van der Waals surface area contributed by atoms with E-state index in [9.17, 15) is 13.6 Å². The molecule has 1 amide bonds. The van der Waals surface area contributed by atoms with Crippen LogP contribution in [0.3, 0.4) is 0 Å². The molecule has 1 aromatic carbocycles. The molecule has 2 N–H and O–H groups in total. The standard InChI is InChI=1S/C13H15F2N3O2/c1-8(13(19)17-3-4-20-2)18-12-10(14)5-9(7-16)6-11(12)15/h5-6,8,18H,3-4H2,1-2H3,(H,17,19). The Hall–Kier alpha value is -2.20. The predicted molar refractivity (Wildman–Crippen MR) is 69.0 cm³/mol. The summed E-state index contributed by atoms with van der Waals surface area (Å²) in [5.41, 5.74) is -0.554. The highest BCUT2D eigenvalue weighted by molar-refractivity contribution is 5.84. The number of hydrogen-bond acceptors (Lipinski definition) is 4. The summed E-state index contributed by atoms with van der Waals surface area (Å²) in [5.74, 6) is -2.25. The van der Waals surface area contributed by atoms with Crippen LogP contribution in [-0.4, -0.2) is 32.2 Å². The number of benzene rings is 1. The minimum atomic E-state index is -0.918. The molecule has 1 atom stereocenters. The Kier molecular flexibility index (Phi) is 5.87. The number of ether oxygens (including phenoxy) is 1. The fourth-order valence-corrected chi connectivity index (χ4v) is 1.49. The van der Waals surface area contributed by atoms with Gasteiger partial charge in [0, 0.05) is 13.7 Å². The van der Waals surface area contributed by atoms with Gasteiger partial charge in [0.25, 0.3) is 0 Å². The summed E-state index contributed by atoms with van der Waals surface area (Å²) in [7, 11) is 1.50. The minimum Gasteiger partial charge on any atom is -0.383 e. The first kappa shape index (κ1) is 15.9. The second kappa shape index (κ2) is 7.40. The molecule has 0 saturated carbocycles. The summed E-state index contributed by atoms with van der Waals surface area (Å²) in [6.45, 7) is 2.12. The van der Waals surface area contributed by atoms with Crippen LogP contribution in [0.15, 0.2) is 12.1 Å². The maximum atomic E-state index is 13.6. The first-order valence-electron chi connectivity index (χ1n) is 5.92. The lowest BCUT2D eigenvalue weighted by atomic mass is 10.2. The Morgan fingerprint density at radius 2 is 2.05 bits per heavy atom. The molecule has 0 aromatic heterocycles. The molecule has 1 unspecified atom stereocenters. The number of amides is 1. The van der Waals surface area contributed by atoms with E-state index in [0.29, 0.717) is 13.2 Å².